The lowest BCUT2D eigenvalue weighted by molar-refractivity contribution is 0.0891. The minimum absolute atomic E-state index is 0.116. The van der Waals surface area contributed by atoms with Crippen molar-refractivity contribution in [2.75, 3.05) is 0 Å². The maximum atomic E-state index is 13.0. The Labute approximate surface area is 173 Å². The number of aromatic nitrogens is 2. The van der Waals surface area contributed by atoms with Crippen LogP contribution in [0, 0.1) is 11.7 Å². The van der Waals surface area contributed by atoms with Crippen molar-refractivity contribution in [3.05, 3.63) is 83.8 Å². The van der Waals surface area contributed by atoms with Crippen molar-refractivity contribution < 1.29 is 18.3 Å². The fraction of sp³-hybridized carbons (Fsp3) is 0.217. The van der Waals surface area contributed by atoms with Crippen LogP contribution in [-0.4, -0.2) is 15.9 Å². The van der Waals surface area contributed by atoms with Gasteiger partial charge >= 0.3 is 0 Å². The van der Waals surface area contributed by atoms with Gasteiger partial charge in [0.25, 0.3) is 5.91 Å². The summed E-state index contributed by atoms with van der Waals surface area (Å²) in [5.41, 5.74) is 1.77. The number of hydrogen-bond donors (Lipinski definition) is 2. The molecule has 7 heteroatoms. The third-order valence-corrected chi connectivity index (χ3v) is 4.74. The summed E-state index contributed by atoms with van der Waals surface area (Å²) >= 11 is 0. The fourth-order valence-electron chi connectivity index (χ4n) is 3.15. The summed E-state index contributed by atoms with van der Waals surface area (Å²) in [6, 6.07) is 16.4. The molecule has 2 heterocycles. The van der Waals surface area contributed by atoms with Crippen molar-refractivity contribution in [1.29, 1.82) is 0 Å². The van der Waals surface area contributed by atoms with Crippen LogP contribution in [0.15, 0.2) is 65.1 Å². The largest absolute Gasteiger partial charge is 0.486 e. The third kappa shape index (κ3) is 4.35. The van der Waals surface area contributed by atoms with Gasteiger partial charge in [0.1, 0.15) is 29.8 Å². The number of benzene rings is 2. The van der Waals surface area contributed by atoms with Crippen LogP contribution in [0.25, 0.3) is 11.0 Å². The molecule has 0 spiro atoms. The SMILES string of the molecule is CC(C)[C@@H](NC(=O)c1ccc(COc2ccc(F)cc2)o1)c1nc2ccccc2[nH]1. The molecule has 1 atom stereocenters. The quantitative estimate of drug-likeness (QED) is 0.452. The molecule has 4 aromatic rings. The first-order chi connectivity index (χ1) is 14.5. The van der Waals surface area contributed by atoms with E-state index in [2.05, 4.69) is 15.3 Å². The zero-order chi connectivity index (χ0) is 21.1. The molecule has 1 amide bonds. The first-order valence-corrected chi connectivity index (χ1v) is 9.72. The normalized spacial score (nSPS) is 12.3. The van der Waals surface area contributed by atoms with E-state index in [4.69, 9.17) is 9.15 Å². The number of carbonyl (C=O) groups is 1. The van der Waals surface area contributed by atoms with E-state index < -0.39 is 0 Å². The van der Waals surface area contributed by atoms with E-state index in [1.807, 2.05) is 38.1 Å². The number of H-pyrrole nitrogens is 1. The van der Waals surface area contributed by atoms with Gasteiger partial charge in [0, 0.05) is 0 Å². The lowest BCUT2D eigenvalue weighted by atomic mass is 10.0. The van der Waals surface area contributed by atoms with E-state index in [1.165, 1.54) is 24.3 Å². The number of furan rings is 1. The van der Waals surface area contributed by atoms with Gasteiger partial charge in [0.15, 0.2) is 5.76 Å². The van der Waals surface area contributed by atoms with Crippen LogP contribution in [0.2, 0.25) is 0 Å². The number of fused-ring (bicyclic) bond motifs is 1. The third-order valence-electron chi connectivity index (χ3n) is 4.74. The molecule has 0 aliphatic rings. The van der Waals surface area contributed by atoms with Gasteiger partial charge in [-0.05, 0) is 54.4 Å². The molecule has 0 aliphatic carbocycles. The number of hydrogen-bond acceptors (Lipinski definition) is 4. The van der Waals surface area contributed by atoms with Crippen LogP contribution >= 0.6 is 0 Å². The van der Waals surface area contributed by atoms with Gasteiger partial charge in [0.05, 0.1) is 17.1 Å². The van der Waals surface area contributed by atoms with E-state index in [-0.39, 0.29) is 36.1 Å². The Morgan fingerprint density at radius 3 is 2.63 bits per heavy atom. The van der Waals surface area contributed by atoms with Crippen molar-refractivity contribution >= 4 is 16.9 Å². The van der Waals surface area contributed by atoms with E-state index in [9.17, 15) is 9.18 Å². The maximum absolute atomic E-state index is 13.0. The molecule has 4 rings (SSSR count). The Morgan fingerprint density at radius 2 is 1.90 bits per heavy atom. The van der Waals surface area contributed by atoms with Crippen LogP contribution in [0.5, 0.6) is 5.75 Å². The van der Waals surface area contributed by atoms with Gasteiger partial charge in [0.2, 0.25) is 0 Å². The molecule has 0 saturated heterocycles. The predicted octanol–water partition coefficient (Wildman–Crippen LogP) is 5.00. The van der Waals surface area contributed by atoms with Gasteiger partial charge < -0.3 is 19.5 Å². The average Bonchev–Trinajstić information content (AvgIpc) is 3.38. The highest BCUT2D eigenvalue weighted by molar-refractivity contribution is 5.91. The van der Waals surface area contributed by atoms with Crippen LogP contribution in [0.3, 0.4) is 0 Å². The minimum Gasteiger partial charge on any atom is -0.486 e. The summed E-state index contributed by atoms with van der Waals surface area (Å²) in [5.74, 6) is 1.36. The van der Waals surface area contributed by atoms with E-state index >= 15 is 0 Å². The second kappa shape index (κ2) is 8.41. The van der Waals surface area contributed by atoms with Crippen molar-refractivity contribution in [3.8, 4) is 5.75 Å². The number of carbonyl (C=O) groups excluding carboxylic acids is 1. The van der Waals surface area contributed by atoms with Crippen molar-refractivity contribution in [3.63, 3.8) is 0 Å². The number of amides is 1. The molecule has 0 fully saturated rings. The summed E-state index contributed by atoms with van der Waals surface area (Å²) in [6.07, 6.45) is 0. The van der Waals surface area contributed by atoms with Crippen molar-refractivity contribution in [1.82, 2.24) is 15.3 Å². The van der Waals surface area contributed by atoms with Crippen LogP contribution in [0.1, 0.15) is 42.0 Å². The highest BCUT2D eigenvalue weighted by atomic mass is 19.1. The maximum Gasteiger partial charge on any atom is 0.287 e. The lowest BCUT2D eigenvalue weighted by Crippen LogP contribution is -2.32. The first kappa shape index (κ1) is 19.7. The van der Waals surface area contributed by atoms with Crippen LogP contribution in [0.4, 0.5) is 4.39 Å². The van der Waals surface area contributed by atoms with Crippen molar-refractivity contribution in [2.24, 2.45) is 5.92 Å². The molecule has 0 saturated carbocycles. The van der Waals surface area contributed by atoms with Gasteiger partial charge in [-0.3, -0.25) is 4.79 Å². The summed E-state index contributed by atoms with van der Waals surface area (Å²) in [4.78, 5) is 20.6. The first-order valence-electron chi connectivity index (χ1n) is 9.72. The molecule has 30 heavy (non-hydrogen) atoms. The molecule has 0 radical (unpaired) electrons. The summed E-state index contributed by atoms with van der Waals surface area (Å²) in [5, 5.41) is 2.99. The van der Waals surface area contributed by atoms with Crippen LogP contribution in [-0.2, 0) is 6.61 Å². The molecule has 154 valence electrons. The summed E-state index contributed by atoms with van der Waals surface area (Å²) in [6.45, 7) is 4.17. The zero-order valence-corrected chi connectivity index (χ0v) is 16.7. The average molecular weight is 407 g/mol. The Balaban J connectivity index is 1.43. The Hall–Kier alpha value is -3.61. The smallest absolute Gasteiger partial charge is 0.287 e. The second-order valence-electron chi connectivity index (χ2n) is 7.34. The monoisotopic (exact) mass is 407 g/mol. The Morgan fingerprint density at radius 1 is 1.13 bits per heavy atom. The topological polar surface area (TPSA) is 80.2 Å². The molecular formula is C23H22FN3O3. The number of aromatic amines is 1. The summed E-state index contributed by atoms with van der Waals surface area (Å²) in [7, 11) is 0. The van der Waals surface area contributed by atoms with Gasteiger partial charge in [-0.15, -0.1) is 0 Å². The molecule has 0 aliphatic heterocycles. The molecule has 2 aromatic heterocycles. The lowest BCUT2D eigenvalue weighted by Gasteiger charge is -2.19. The number of imidazole rings is 1. The standard InChI is InChI=1S/C23H22FN3O3/c1-14(2)21(22-25-18-5-3-4-6-19(18)26-22)27-23(28)20-12-11-17(30-20)13-29-16-9-7-15(24)8-10-16/h3-12,14,21H,13H2,1-2H3,(H,25,26)(H,27,28)/t21-/m1/s1. The molecule has 0 bridgehead atoms. The minimum atomic E-state index is -0.331. The molecule has 6 nitrogen and oxygen atoms in total. The molecule has 2 aromatic carbocycles. The van der Waals surface area contributed by atoms with Gasteiger partial charge in [-0.25, -0.2) is 9.37 Å². The fourth-order valence-corrected chi connectivity index (χ4v) is 3.15. The van der Waals surface area contributed by atoms with Crippen molar-refractivity contribution in [2.45, 2.75) is 26.5 Å². The number of para-hydroxylation sites is 2. The number of ether oxygens (including phenoxy) is 1. The van der Waals surface area contributed by atoms with Crippen LogP contribution < -0.4 is 10.1 Å². The number of rotatable bonds is 7. The number of halogens is 1. The second-order valence-corrected chi connectivity index (χ2v) is 7.34. The highest BCUT2D eigenvalue weighted by Crippen LogP contribution is 2.23. The molecule has 0 unspecified atom stereocenters. The van der Waals surface area contributed by atoms with E-state index in [1.54, 1.807) is 12.1 Å². The highest BCUT2D eigenvalue weighted by Gasteiger charge is 2.24. The predicted molar refractivity (Wildman–Crippen MR) is 111 cm³/mol. The van der Waals surface area contributed by atoms with E-state index in [0.717, 1.165) is 11.0 Å². The Kier molecular flexibility index (Phi) is 5.52. The van der Waals surface area contributed by atoms with Gasteiger partial charge in [-0.2, -0.15) is 0 Å². The molecular weight excluding hydrogens is 385 g/mol. The Bertz CT molecular complexity index is 1110. The number of nitrogens with zero attached hydrogens (tertiary/aromatic N) is 1. The van der Waals surface area contributed by atoms with E-state index in [0.29, 0.717) is 17.3 Å². The number of nitrogens with one attached hydrogen (secondary N) is 2. The molecule has 2 N–H and O–H groups in total. The zero-order valence-electron chi connectivity index (χ0n) is 16.7. The van der Waals surface area contributed by atoms with Gasteiger partial charge in [-0.1, -0.05) is 26.0 Å². The summed E-state index contributed by atoms with van der Waals surface area (Å²) < 4.78 is 24.1.